The van der Waals surface area contributed by atoms with Crippen molar-refractivity contribution in [2.45, 2.75) is 76.5 Å². The van der Waals surface area contributed by atoms with Gasteiger partial charge in [0.2, 0.25) is 0 Å². The normalized spacial score (nSPS) is 18.7. The van der Waals surface area contributed by atoms with E-state index < -0.39 is 42.5 Å². The van der Waals surface area contributed by atoms with Crippen LogP contribution in [0.15, 0.2) is 30.3 Å². The van der Waals surface area contributed by atoms with Gasteiger partial charge < -0.3 is 24.2 Å². The number of aliphatic carboxylic acids is 1. The molecule has 1 saturated heterocycles. The van der Waals surface area contributed by atoms with E-state index in [9.17, 15) is 27.9 Å². The predicted molar refractivity (Wildman–Crippen MR) is 114 cm³/mol. The fraction of sp³-hybridized carbons (Fsp3) is 0.652. The number of carbonyl (C=O) groups excluding carboxylic acids is 1. The topological polar surface area (TPSA) is 85.3 Å². The van der Waals surface area contributed by atoms with Crippen molar-refractivity contribution < 1.29 is 42.1 Å². The number of amides is 1. The Morgan fingerprint density at radius 2 is 1.82 bits per heavy atom. The molecule has 186 valence electrons. The number of likely N-dealkylation sites (tertiary alicyclic amines) is 1. The fourth-order valence-corrected chi connectivity index (χ4v) is 3.58. The summed E-state index contributed by atoms with van der Waals surface area (Å²) in [6.07, 6.45) is -5.06. The van der Waals surface area contributed by atoms with Crippen molar-refractivity contribution in [3.63, 3.8) is 0 Å². The first-order valence-corrected chi connectivity index (χ1v) is 10.9. The molecule has 0 bridgehead atoms. The van der Waals surface area contributed by atoms with Crippen LogP contribution in [0.4, 0.5) is 18.0 Å². The van der Waals surface area contributed by atoms with E-state index >= 15 is 0 Å². The van der Waals surface area contributed by atoms with Crippen LogP contribution in [0.3, 0.4) is 0 Å². The summed E-state index contributed by atoms with van der Waals surface area (Å²) >= 11 is 0. The number of ether oxygens (including phenoxy) is 3. The first kappa shape index (κ1) is 26.9. The zero-order chi connectivity index (χ0) is 24.7. The lowest BCUT2D eigenvalue weighted by molar-refractivity contribution is -0.281. The number of carbonyl (C=O) groups is 2. The Labute approximate surface area is 191 Å². The molecule has 1 aromatic rings. The van der Waals surface area contributed by atoms with Gasteiger partial charge in [0.25, 0.3) is 5.60 Å². The molecule has 7 nitrogen and oxygen atoms in total. The summed E-state index contributed by atoms with van der Waals surface area (Å²) in [5.41, 5.74) is -3.53. The maximum Gasteiger partial charge on any atom is 0.428 e. The van der Waals surface area contributed by atoms with Gasteiger partial charge in [0.15, 0.2) is 0 Å². The van der Waals surface area contributed by atoms with Crippen molar-refractivity contribution in [1.29, 1.82) is 0 Å². The summed E-state index contributed by atoms with van der Waals surface area (Å²) in [5, 5.41) is 9.41. The number of rotatable bonds is 10. The molecule has 1 fully saturated rings. The third kappa shape index (κ3) is 7.60. The molecule has 1 N–H and O–H groups in total. The number of nitrogens with zero attached hydrogens (tertiary/aromatic N) is 1. The molecular formula is C23H32F3NO6. The minimum Gasteiger partial charge on any atom is -0.479 e. The van der Waals surface area contributed by atoms with Gasteiger partial charge in [-0.2, -0.15) is 13.2 Å². The third-order valence-electron chi connectivity index (χ3n) is 5.26. The largest absolute Gasteiger partial charge is 0.479 e. The van der Waals surface area contributed by atoms with Crippen LogP contribution in [-0.4, -0.2) is 65.2 Å². The van der Waals surface area contributed by atoms with E-state index in [1.807, 2.05) is 0 Å². The maximum atomic E-state index is 13.8. The van der Waals surface area contributed by atoms with E-state index in [0.29, 0.717) is 18.5 Å². The van der Waals surface area contributed by atoms with Crippen LogP contribution in [0.25, 0.3) is 0 Å². The van der Waals surface area contributed by atoms with E-state index in [-0.39, 0.29) is 25.7 Å². The summed E-state index contributed by atoms with van der Waals surface area (Å²) in [7, 11) is 0. The van der Waals surface area contributed by atoms with Gasteiger partial charge in [0.1, 0.15) is 5.60 Å². The molecule has 0 aliphatic carbocycles. The minimum atomic E-state index is -5.10. The van der Waals surface area contributed by atoms with E-state index in [4.69, 9.17) is 14.2 Å². The number of hydrogen-bond donors (Lipinski definition) is 1. The second kappa shape index (κ2) is 11.2. The van der Waals surface area contributed by atoms with Gasteiger partial charge in [-0.15, -0.1) is 0 Å². The van der Waals surface area contributed by atoms with Gasteiger partial charge in [-0.25, -0.2) is 9.59 Å². The molecule has 2 atom stereocenters. The number of carboxylic acids is 1. The van der Waals surface area contributed by atoms with Crippen molar-refractivity contribution in [2.75, 3.05) is 19.8 Å². The lowest BCUT2D eigenvalue weighted by atomic mass is 9.96. The first-order chi connectivity index (χ1) is 15.4. The van der Waals surface area contributed by atoms with Crippen LogP contribution >= 0.6 is 0 Å². The van der Waals surface area contributed by atoms with E-state index in [2.05, 4.69) is 0 Å². The summed E-state index contributed by atoms with van der Waals surface area (Å²) in [6, 6.07) is 7.84. The molecule has 0 radical (unpaired) electrons. The molecule has 1 aliphatic heterocycles. The number of alkyl halides is 3. The third-order valence-corrected chi connectivity index (χ3v) is 5.26. The van der Waals surface area contributed by atoms with Crippen LogP contribution in [0, 0.1) is 0 Å². The molecule has 0 aromatic heterocycles. The summed E-state index contributed by atoms with van der Waals surface area (Å²) < 4.78 is 57.1. The average molecular weight is 476 g/mol. The Kier molecular flexibility index (Phi) is 9.13. The Morgan fingerprint density at radius 3 is 2.39 bits per heavy atom. The van der Waals surface area contributed by atoms with Gasteiger partial charge in [-0.3, -0.25) is 0 Å². The lowest BCUT2D eigenvalue weighted by Gasteiger charge is -2.32. The van der Waals surface area contributed by atoms with Gasteiger partial charge in [-0.05, 0) is 52.0 Å². The number of hydrogen-bond acceptors (Lipinski definition) is 5. The Hall–Kier alpha value is -2.33. The van der Waals surface area contributed by atoms with Crippen LogP contribution in [0.1, 0.15) is 52.0 Å². The summed E-state index contributed by atoms with van der Waals surface area (Å²) in [5.74, 6) is -2.09. The average Bonchev–Trinajstić information content (AvgIpc) is 3.17. The van der Waals surface area contributed by atoms with Crippen LogP contribution < -0.4 is 0 Å². The Bertz CT molecular complexity index is 781. The highest BCUT2D eigenvalue weighted by molar-refractivity contribution is 5.78. The molecule has 1 aromatic carbocycles. The molecule has 1 unspecified atom stereocenters. The van der Waals surface area contributed by atoms with Crippen molar-refractivity contribution in [1.82, 2.24) is 4.90 Å². The highest BCUT2D eigenvalue weighted by atomic mass is 19.4. The standard InChI is InChI=1S/C23H32F3NO6/c1-21(2,3)33-20(30)27-13-7-11-18(27)16-31-14-8-12-22(19(28)29,23(24,25)26)32-15-17-9-5-4-6-10-17/h4-6,9-10,18H,7-8,11-16H2,1-3H3,(H,28,29)/t18-,22?/m0/s1. The molecule has 0 saturated carbocycles. The molecule has 1 amide bonds. The molecule has 1 heterocycles. The zero-order valence-electron chi connectivity index (χ0n) is 19.2. The van der Waals surface area contributed by atoms with E-state index in [1.54, 1.807) is 56.0 Å². The second-order valence-corrected chi connectivity index (χ2v) is 9.05. The molecule has 10 heteroatoms. The van der Waals surface area contributed by atoms with Crippen molar-refractivity contribution in [3.8, 4) is 0 Å². The highest BCUT2D eigenvalue weighted by Gasteiger charge is 2.62. The smallest absolute Gasteiger partial charge is 0.428 e. The van der Waals surface area contributed by atoms with Gasteiger partial charge >= 0.3 is 18.2 Å². The number of halogens is 3. The predicted octanol–water partition coefficient (Wildman–Crippen LogP) is 4.79. The van der Waals surface area contributed by atoms with Gasteiger partial charge in [-0.1, -0.05) is 30.3 Å². The number of benzene rings is 1. The minimum absolute atomic E-state index is 0.0987. The molecule has 1 aliphatic rings. The van der Waals surface area contributed by atoms with Gasteiger partial charge in [0.05, 0.1) is 19.3 Å². The monoisotopic (exact) mass is 475 g/mol. The SMILES string of the molecule is CC(C)(C)OC(=O)N1CCC[C@H]1COCCCC(OCc1ccccc1)(C(=O)O)C(F)(F)F. The van der Waals surface area contributed by atoms with Crippen LogP contribution in [0.2, 0.25) is 0 Å². The van der Waals surface area contributed by atoms with E-state index in [1.165, 1.54) is 0 Å². The zero-order valence-corrected chi connectivity index (χ0v) is 19.2. The fourth-order valence-electron chi connectivity index (χ4n) is 3.58. The highest BCUT2D eigenvalue weighted by Crippen LogP contribution is 2.38. The number of carboxylic acid groups (broad SMARTS) is 1. The first-order valence-electron chi connectivity index (χ1n) is 10.9. The van der Waals surface area contributed by atoms with Crippen LogP contribution in [0.5, 0.6) is 0 Å². The van der Waals surface area contributed by atoms with Crippen molar-refractivity contribution in [3.05, 3.63) is 35.9 Å². The summed E-state index contributed by atoms with van der Waals surface area (Å²) in [6.45, 7) is 5.37. The molecular weight excluding hydrogens is 443 g/mol. The summed E-state index contributed by atoms with van der Waals surface area (Å²) in [4.78, 5) is 25.5. The van der Waals surface area contributed by atoms with Crippen LogP contribution in [-0.2, 0) is 25.6 Å². The van der Waals surface area contributed by atoms with Crippen molar-refractivity contribution in [2.24, 2.45) is 0 Å². The maximum absolute atomic E-state index is 13.8. The van der Waals surface area contributed by atoms with Gasteiger partial charge in [0, 0.05) is 13.2 Å². The van der Waals surface area contributed by atoms with E-state index in [0.717, 1.165) is 6.42 Å². The lowest BCUT2D eigenvalue weighted by Crippen LogP contribution is -2.54. The molecule has 0 spiro atoms. The Morgan fingerprint density at radius 1 is 1.15 bits per heavy atom. The molecule has 33 heavy (non-hydrogen) atoms. The molecule has 2 rings (SSSR count). The quantitative estimate of drug-likeness (QED) is 0.490. The van der Waals surface area contributed by atoms with Crippen molar-refractivity contribution >= 4 is 12.1 Å². The second-order valence-electron chi connectivity index (χ2n) is 9.05. The Balaban J connectivity index is 1.90.